The lowest BCUT2D eigenvalue weighted by molar-refractivity contribution is -0.135. The number of methoxy groups -OCH3 is 2. The van der Waals surface area contributed by atoms with Crippen LogP contribution in [-0.4, -0.2) is 163 Å². The minimum Gasteiger partial charge on any atom is -0.420 e. The number of unbranched alkanes of at least 4 members (excludes halogenated alkanes) is 2. The van der Waals surface area contributed by atoms with Crippen LogP contribution in [-0.2, 0) is 89.9 Å². The molecule has 0 radical (unpaired) electrons. The second kappa shape index (κ2) is 29.5. The number of rotatable bonds is 33. The topological polar surface area (TPSA) is 351 Å². The number of halogens is 4. The first-order valence-corrected chi connectivity index (χ1v) is 35.4. The van der Waals surface area contributed by atoms with Gasteiger partial charge in [0.25, 0.3) is 50.6 Å². The van der Waals surface area contributed by atoms with Crippen LogP contribution in [0.15, 0.2) is 110 Å². The first-order valence-electron chi connectivity index (χ1n) is 28.0. The molecule has 91 heavy (non-hydrogen) atoms. The highest BCUT2D eigenvalue weighted by molar-refractivity contribution is 7.87. The number of hydrogen-bond donors (Lipinski definition) is 5. The van der Waals surface area contributed by atoms with Gasteiger partial charge in [-0.25, -0.2) is 8.78 Å². The summed E-state index contributed by atoms with van der Waals surface area (Å²) in [5, 5.41) is -0.360. The molecule has 0 aliphatic carbocycles. The van der Waals surface area contributed by atoms with Crippen molar-refractivity contribution in [2.45, 2.75) is 95.2 Å². The largest absolute Gasteiger partial charge is 0.420 e. The van der Waals surface area contributed by atoms with E-state index in [1.54, 1.807) is 49.1 Å². The van der Waals surface area contributed by atoms with Crippen molar-refractivity contribution in [1.82, 2.24) is 0 Å². The van der Waals surface area contributed by atoms with Gasteiger partial charge in [0.15, 0.2) is 11.6 Å². The first-order chi connectivity index (χ1) is 42.6. The molecule has 500 valence electrons. The third-order valence-corrected chi connectivity index (χ3v) is 19.9. The molecule has 0 saturated carbocycles. The Kier molecular flexibility index (Phi) is 23.5. The van der Waals surface area contributed by atoms with E-state index in [0.717, 1.165) is 12.1 Å². The number of fused-ring (bicyclic) bond motifs is 6. The van der Waals surface area contributed by atoms with Crippen molar-refractivity contribution in [3.05, 3.63) is 125 Å². The van der Waals surface area contributed by atoms with Gasteiger partial charge in [0, 0.05) is 85.1 Å². The molecule has 5 N–H and O–H groups in total. The monoisotopic (exact) mass is 1380 g/mol. The average Bonchev–Trinajstić information content (AvgIpc) is 1.59. The highest BCUT2D eigenvalue weighted by Gasteiger charge is 2.48. The zero-order valence-electron chi connectivity index (χ0n) is 49.5. The minimum absolute atomic E-state index is 0.00425. The van der Waals surface area contributed by atoms with E-state index in [4.69, 9.17) is 23.7 Å². The van der Waals surface area contributed by atoms with Gasteiger partial charge in [-0.3, -0.25) is 27.6 Å². The lowest BCUT2D eigenvalue weighted by atomic mass is 9.73. The van der Waals surface area contributed by atoms with Crippen molar-refractivity contribution in [3.8, 4) is 5.75 Å². The van der Waals surface area contributed by atoms with Crippen molar-refractivity contribution < 1.29 is 116 Å². The Morgan fingerprint density at radius 1 is 0.560 bits per heavy atom. The molecule has 0 aromatic heterocycles. The van der Waals surface area contributed by atoms with Crippen LogP contribution in [0.5, 0.6) is 5.75 Å². The van der Waals surface area contributed by atoms with Crippen molar-refractivity contribution in [1.29, 1.82) is 0 Å². The third-order valence-electron chi connectivity index (χ3n) is 15.7. The molecular formula is C58H68F4N2O22S5. The fraction of sp³-hybridized carbons (Fsp3) is 0.431. The van der Waals surface area contributed by atoms with Crippen LogP contribution >= 0.6 is 0 Å². The summed E-state index contributed by atoms with van der Waals surface area (Å²) in [5.74, 6) is -10.9. The predicted molar refractivity (Wildman–Crippen MR) is 324 cm³/mol. The van der Waals surface area contributed by atoms with Crippen molar-refractivity contribution in [2.75, 3.05) is 95.7 Å². The molecule has 5 aromatic rings. The number of esters is 1. The van der Waals surface area contributed by atoms with Gasteiger partial charge in [0.1, 0.15) is 9.79 Å². The average molecular weight is 1380 g/mol. The van der Waals surface area contributed by atoms with Gasteiger partial charge in [-0.1, -0.05) is 49.8 Å². The Labute approximate surface area is 524 Å². The van der Waals surface area contributed by atoms with Crippen LogP contribution in [0.3, 0.4) is 0 Å². The SMILES string of the molecule is COCCOCCOCCOCCC1(C)\C(=C/C=C/C=C/C2N(CCOC)c3ccc4c(S(=O)(=O)O)cc(S(=O)(=O)O)cc4c3C2(C)CCCS(=O)(=O)O)N(CCCCCC(=O)Oc2c(F)c(F)cc(F)c2F)c2ccc3c(S(=O)(=O)O)cc(S(=O)(=O)O)cc3c21. The zero-order chi connectivity index (χ0) is 67.1. The highest BCUT2D eigenvalue weighted by atomic mass is 32.2. The van der Waals surface area contributed by atoms with Crippen LogP contribution in [0, 0.1) is 23.3 Å². The van der Waals surface area contributed by atoms with E-state index < -0.39 is 134 Å². The number of carbonyl (C=O) groups is 1. The molecule has 2 heterocycles. The molecule has 0 spiro atoms. The molecule has 0 amide bonds. The van der Waals surface area contributed by atoms with E-state index in [1.807, 2.05) is 4.90 Å². The van der Waals surface area contributed by atoms with Gasteiger partial charge in [0.05, 0.1) is 67.8 Å². The maximum Gasteiger partial charge on any atom is 0.311 e. The van der Waals surface area contributed by atoms with Crippen molar-refractivity contribution in [2.24, 2.45) is 0 Å². The Balaban J connectivity index is 1.33. The van der Waals surface area contributed by atoms with Gasteiger partial charge < -0.3 is 38.2 Å². The van der Waals surface area contributed by atoms with Crippen LogP contribution in [0.2, 0.25) is 0 Å². The van der Waals surface area contributed by atoms with Gasteiger partial charge in [-0.05, 0) is 103 Å². The molecule has 5 aromatic carbocycles. The number of nitrogens with zero attached hydrogens (tertiary/aromatic N) is 2. The van der Waals surface area contributed by atoms with E-state index in [0.29, 0.717) is 48.0 Å². The summed E-state index contributed by atoms with van der Waals surface area (Å²) in [6.45, 7) is 5.11. The molecule has 0 fully saturated rings. The third kappa shape index (κ3) is 17.0. The Bertz CT molecular complexity index is 4220. The van der Waals surface area contributed by atoms with Crippen LogP contribution in [0.4, 0.5) is 28.9 Å². The maximum atomic E-state index is 14.4. The summed E-state index contributed by atoms with van der Waals surface area (Å²) in [6, 6.07) is 8.13. The van der Waals surface area contributed by atoms with E-state index in [1.165, 1.54) is 38.5 Å². The number of ether oxygens (including phenoxy) is 6. The summed E-state index contributed by atoms with van der Waals surface area (Å²) >= 11 is 0. The molecule has 2 aliphatic rings. The Morgan fingerprint density at radius 2 is 1.09 bits per heavy atom. The van der Waals surface area contributed by atoms with Crippen LogP contribution in [0.25, 0.3) is 21.5 Å². The molecule has 3 unspecified atom stereocenters. The second-order valence-corrected chi connectivity index (χ2v) is 29.0. The lowest BCUT2D eigenvalue weighted by Gasteiger charge is -2.35. The van der Waals surface area contributed by atoms with E-state index in [2.05, 4.69) is 4.74 Å². The number of anilines is 2. The molecule has 0 bridgehead atoms. The molecule has 7 rings (SSSR count). The second-order valence-electron chi connectivity index (χ2n) is 21.8. The highest BCUT2D eigenvalue weighted by Crippen LogP contribution is 2.55. The van der Waals surface area contributed by atoms with E-state index >= 15 is 0 Å². The fourth-order valence-corrected chi connectivity index (χ4v) is 14.8. The first kappa shape index (κ1) is 72.4. The van der Waals surface area contributed by atoms with Gasteiger partial charge in [-0.15, -0.1) is 0 Å². The Morgan fingerprint density at radius 3 is 1.62 bits per heavy atom. The van der Waals surface area contributed by atoms with Crippen LogP contribution in [0.1, 0.15) is 69.9 Å². The summed E-state index contributed by atoms with van der Waals surface area (Å²) in [4.78, 5) is 13.0. The molecule has 3 atom stereocenters. The standard InChI is InChI=1S/C58H68F4N2O22S5/c1-57(19-11-31-87(66,67)68)49(64(22-24-81-3)46-18-16-39-41(52(46)57)32-37(88(69,70)71)34-47(39)90(75,76)77)12-7-5-8-13-50-58(2,20-23-83-27-28-85-30-29-84-26-25-82-4)53-42-33-38(89(72,73)74)35-48(91(78,79)80)40(42)15-17-45(53)63(50)21-10-6-9-14-51(65)86-56-54(61)43(59)36-44(60)55(56)62/h5,7-8,12-13,15-18,32-36,49H,6,9-11,14,19-31H2,1-4H3,(H,66,67,68)(H,69,70,71)(H,72,73,74)(H,75,76,77)(H,78,79,80)/b8-5+,12-7+,50-13+. The summed E-state index contributed by atoms with van der Waals surface area (Å²) < 4.78 is 267. The maximum absolute atomic E-state index is 14.4. The van der Waals surface area contributed by atoms with E-state index in [9.17, 15) is 87.2 Å². The zero-order valence-corrected chi connectivity index (χ0v) is 53.6. The summed E-state index contributed by atoms with van der Waals surface area (Å²) in [6.07, 6.45) is 7.93. The fourth-order valence-electron chi connectivity index (χ4n) is 11.6. The summed E-state index contributed by atoms with van der Waals surface area (Å²) in [5.41, 5.74) is -0.813. The molecule has 2 aliphatic heterocycles. The smallest absolute Gasteiger partial charge is 0.311 e. The van der Waals surface area contributed by atoms with Gasteiger partial charge >= 0.3 is 5.97 Å². The van der Waals surface area contributed by atoms with Crippen molar-refractivity contribution >= 4 is 89.5 Å². The van der Waals surface area contributed by atoms with Crippen LogP contribution < -0.4 is 14.5 Å². The Hall–Kier alpha value is -6.02. The molecular weight excluding hydrogens is 1310 g/mol. The van der Waals surface area contributed by atoms with Crippen molar-refractivity contribution in [3.63, 3.8) is 0 Å². The predicted octanol–water partition coefficient (Wildman–Crippen LogP) is 8.32. The number of benzene rings is 5. The molecule has 0 saturated heterocycles. The number of carbonyl (C=O) groups excluding carboxylic acids is 1. The lowest BCUT2D eigenvalue weighted by Crippen LogP contribution is -2.43. The summed E-state index contributed by atoms with van der Waals surface area (Å²) in [7, 11) is -22.3. The minimum atomic E-state index is -5.20. The molecule has 33 heteroatoms. The molecule has 24 nitrogen and oxygen atoms in total. The van der Waals surface area contributed by atoms with Gasteiger partial charge in [-0.2, -0.15) is 50.9 Å². The quantitative estimate of drug-likeness (QED) is 0.00501. The van der Waals surface area contributed by atoms with E-state index in [-0.39, 0.29) is 124 Å². The van der Waals surface area contributed by atoms with Gasteiger partial charge in [0.2, 0.25) is 17.4 Å². The number of hydrogen-bond acceptors (Lipinski definition) is 19. The normalized spacial score (nSPS) is 18.6. The number of allylic oxidation sites excluding steroid dienone is 5.